The maximum atomic E-state index is 13.1. The van der Waals surface area contributed by atoms with Crippen molar-refractivity contribution in [2.75, 3.05) is 13.1 Å². The molecule has 0 saturated heterocycles. The monoisotopic (exact) mass is 602 g/mol. The average molecular weight is 603 g/mol. The lowest BCUT2D eigenvalue weighted by Gasteiger charge is -2.19. The van der Waals surface area contributed by atoms with Crippen molar-refractivity contribution in [2.24, 2.45) is 0 Å². The summed E-state index contributed by atoms with van der Waals surface area (Å²) in [7, 11) is -8.01. The molecule has 0 saturated carbocycles. The van der Waals surface area contributed by atoms with Crippen LogP contribution in [-0.4, -0.2) is 34.5 Å². The molecule has 0 atom stereocenters. The van der Waals surface area contributed by atoms with Crippen LogP contribution in [0.15, 0.2) is 0 Å². The Balaban J connectivity index is 4.62. The van der Waals surface area contributed by atoms with Gasteiger partial charge in [0.15, 0.2) is 4.58 Å². The van der Waals surface area contributed by atoms with Gasteiger partial charge in [0.25, 0.3) is 0 Å². The first-order chi connectivity index (χ1) is 19.3. The van der Waals surface area contributed by atoms with Crippen LogP contribution in [-0.2, 0) is 20.0 Å². The second kappa shape index (κ2) is 26.7. The number of rotatable bonds is 30. The number of nitrogens with zero attached hydrogens (tertiary/aromatic N) is 2. The van der Waals surface area contributed by atoms with Crippen molar-refractivity contribution >= 4 is 20.0 Å². The number of nitrogens with one attached hydrogen (secondary N) is 2. The van der Waals surface area contributed by atoms with E-state index in [9.17, 15) is 16.8 Å². The minimum Gasteiger partial charge on any atom is -0.214 e. The van der Waals surface area contributed by atoms with Gasteiger partial charge in [0, 0.05) is 25.9 Å². The molecule has 0 radical (unpaired) electrons. The smallest absolute Gasteiger partial charge is 0.214 e. The Labute approximate surface area is 247 Å². The van der Waals surface area contributed by atoms with E-state index >= 15 is 0 Å². The molecular formula is C30H58N4O4S2. The molecule has 10 heteroatoms. The summed E-state index contributed by atoms with van der Waals surface area (Å²) in [4.78, 5) is 0. The largest absolute Gasteiger partial charge is 0.230 e. The Bertz CT molecular complexity index is 816. The fourth-order valence-electron chi connectivity index (χ4n) is 4.79. The number of hydrogen-bond acceptors (Lipinski definition) is 6. The molecule has 234 valence electrons. The van der Waals surface area contributed by atoms with E-state index in [-0.39, 0.29) is 19.5 Å². The first-order valence-corrected chi connectivity index (χ1v) is 19.1. The van der Waals surface area contributed by atoms with Gasteiger partial charge >= 0.3 is 0 Å². The van der Waals surface area contributed by atoms with Crippen molar-refractivity contribution in [2.45, 2.75) is 166 Å². The van der Waals surface area contributed by atoms with Gasteiger partial charge in [0.1, 0.15) is 0 Å². The standard InChI is InChI=1S/C30H58N4O4S2/c1-2-3-4-5-10-15-20-25-30(39(35,36)33-28-23-18-13-8-6-11-16-21-26-31)40(37,38)34-29-24-19-14-9-7-12-17-22-27-32/h30,33-34H,2-25,28-29H2,1H3. The van der Waals surface area contributed by atoms with Crippen molar-refractivity contribution < 1.29 is 16.8 Å². The Morgan fingerprint density at radius 1 is 0.500 bits per heavy atom. The van der Waals surface area contributed by atoms with Crippen LogP contribution in [0.1, 0.15) is 161 Å². The molecule has 0 aliphatic heterocycles. The molecule has 0 rings (SSSR count). The zero-order chi connectivity index (χ0) is 29.8. The molecule has 2 N–H and O–H groups in total. The van der Waals surface area contributed by atoms with E-state index < -0.39 is 24.6 Å². The van der Waals surface area contributed by atoms with Crippen LogP contribution in [0, 0.1) is 22.7 Å². The summed E-state index contributed by atoms with van der Waals surface area (Å²) in [5, 5.41) is 17.2. The van der Waals surface area contributed by atoms with Crippen molar-refractivity contribution in [1.82, 2.24) is 9.44 Å². The van der Waals surface area contributed by atoms with Gasteiger partial charge in [-0.1, -0.05) is 116 Å². The quantitative estimate of drug-likeness (QED) is 0.0812. The molecule has 0 fully saturated rings. The van der Waals surface area contributed by atoms with Gasteiger partial charge in [-0.15, -0.1) is 0 Å². The summed E-state index contributed by atoms with van der Waals surface area (Å²) in [5.41, 5.74) is 0. The summed E-state index contributed by atoms with van der Waals surface area (Å²) < 4.78 is 56.2. The Kier molecular flexibility index (Phi) is 25.9. The second-order valence-corrected chi connectivity index (χ2v) is 15.2. The van der Waals surface area contributed by atoms with Gasteiger partial charge in [-0.05, 0) is 32.1 Å². The molecule has 0 aliphatic carbocycles. The summed E-state index contributed by atoms with van der Waals surface area (Å²) in [5.74, 6) is 0. The third-order valence-electron chi connectivity index (χ3n) is 7.27. The predicted molar refractivity (Wildman–Crippen MR) is 165 cm³/mol. The van der Waals surface area contributed by atoms with E-state index in [1.54, 1.807) is 0 Å². The van der Waals surface area contributed by atoms with Crippen LogP contribution < -0.4 is 9.44 Å². The lowest BCUT2D eigenvalue weighted by molar-refractivity contribution is 0.530. The van der Waals surface area contributed by atoms with Gasteiger partial charge in [0.2, 0.25) is 20.0 Å². The zero-order valence-corrected chi connectivity index (χ0v) is 26.9. The number of nitriles is 2. The summed E-state index contributed by atoms with van der Waals surface area (Å²) in [6.45, 7) is 2.68. The molecule has 0 amide bonds. The third-order valence-corrected chi connectivity index (χ3v) is 11.9. The van der Waals surface area contributed by atoms with Crippen molar-refractivity contribution in [1.29, 1.82) is 10.5 Å². The highest BCUT2D eigenvalue weighted by molar-refractivity contribution is 8.07. The fourth-order valence-corrected chi connectivity index (χ4v) is 8.71. The van der Waals surface area contributed by atoms with Crippen LogP contribution in [0.25, 0.3) is 0 Å². The number of unbranched alkanes of at least 4 members (excludes halogenated alkanes) is 20. The van der Waals surface area contributed by atoms with Crippen LogP contribution in [0.4, 0.5) is 0 Å². The molecule has 40 heavy (non-hydrogen) atoms. The van der Waals surface area contributed by atoms with Gasteiger partial charge in [0.05, 0.1) is 12.1 Å². The first kappa shape index (κ1) is 38.8. The minimum atomic E-state index is -4.01. The van der Waals surface area contributed by atoms with Crippen LogP contribution in [0.3, 0.4) is 0 Å². The zero-order valence-electron chi connectivity index (χ0n) is 25.3. The Hall–Kier alpha value is -1.20. The molecule has 0 bridgehead atoms. The van der Waals surface area contributed by atoms with Gasteiger partial charge in [-0.25, -0.2) is 26.3 Å². The number of sulfonamides is 2. The molecule has 0 spiro atoms. The van der Waals surface area contributed by atoms with Gasteiger partial charge < -0.3 is 0 Å². The fraction of sp³-hybridized carbons (Fsp3) is 0.933. The van der Waals surface area contributed by atoms with E-state index in [1.165, 1.54) is 19.3 Å². The van der Waals surface area contributed by atoms with E-state index in [2.05, 4.69) is 28.5 Å². The normalized spacial score (nSPS) is 12.0. The maximum Gasteiger partial charge on any atom is 0.230 e. The topological polar surface area (TPSA) is 140 Å². The molecule has 0 aromatic heterocycles. The van der Waals surface area contributed by atoms with Crippen LogP contribution in [0.2, 0.25) is 0 Å². The Morgan fingerprint density at radius 2 is 0.825 bits per heavy atom. The molecule has 8 nitrogen and oxygen atoms in total. The third kappa shape index (κ3) is 22.5. The van der Waals surface area contributed by atoms with Crippen LogP contribution in [0.5, 0.6) is 0 Å². The minimum absolute atomic E-state index is 0.115. The number of hydrogen-bond donors (Lipinski definition) is 2. The van der Waals surface area contributed by atoms with E-state index in [4.69, 9.17) is 10.5 Å². The average Bonchev–Trinajstić information content (AvgIpc) is 2.92. The lowest BCUT2D eigenvalue weighted by atomic mass is 10.1. The highest BCUT2D eigenvalue weighted by Gasteiger charge is 2.36. The van der Waals surface area contributed by atoms with Crippen molar-refractivity contribution in [3.8, 4) is 12.1 Å². The molecular weight excluding hydrogens is 544 g/mol. The Morgan fingerprint density at radius 3 is 1.20 bits per heavy atom. The second-order valence-electron chi connectivity index (χ2n) is 11.0. The maximum absolute atomic E-state index is 13.1. The summed E-state index contributed by atoms with van der Waals surface area (Å²) in [6, 6.07) is 4.31. The van der Waals surface area contributed by atoms with E-state index in [1.807, 2.05) is 0 Å². The van der Waals surface area contributed by atoms with E-state index in [0.717, 1.165) is 96.3 Å². The summed E-state index contributed by atoms with van der Waals surface area (Å²) in [6.07, 6.45) is 21.8. The molecule has 0 aromatic rings. The molecule has 0 unspecified atom stereocenters. The van der Waals surface area contributed by atoms with E-state index in [0.29, 0.717) is 32.1 Å². The van der Waals surface area contributed by atoms with Gasteiger partial charge in [-0.2, -0.15) is 10.5 Å². The van der Waals surface area contributed by atoms with Crippen molar-refractivity contribution in [3.05, 3.63) is 0 Å². The van der Waals surface area contributed by atoms with Gasteiger partial charge in [-0.3, -0.25) is 0 Å². The first-order valence-electron chi connectivity index (χ1n) is 16.0. The highest BCUT2D eigenvalue weighted by Crippen LogP contribution is 2.18. The molecule has 0 aromatic carbocycles. The predicted octanol–water partition coefficient (Wildman–Crippen LogP) is 7.58. The van der Waals surface area contributed by atoms with Crippen molar-refractivity contribution in [3.63, 3.8) is 0 Å². The van der Waals surface area contributed by atoms with Crippen LogP contribution >= 0.6 is 0 Å². The SMILES string of the molecule is CCCCCCCCCC(S(=O)(=O)NCCCCCCCCCC#N)S(=O)(=O)NCCCCCCCCCC#N. The lowest BCUT2D eigenvalue weighted by Crippen LogP contribution is -2.45. The highest BCUT2D eigenvalue weighted by atomic mass is 32.3. The molecule has 0 aliphatic rings. The molecule has 0 heterocycles. The summed E-state index contributed by atoms with van der Waals surface area (Å²) >= 11 is 0.